The van der Waals surface area contributed by atoms with Gasteiger partial charge in [0.05, 0.1) is 11.3 Å². The predicted octanol–water partition coefficient (Wildman–Crippen LogP) is 3.01. The second kappa shape index (κ2) is 6.07. The molecule has 0 amide bonds. The van der Waals surface area contributed by atoms with E-state index in [-0.39, 0.29) is 18.5 Å². The van der Waals surface area contributed by atoms with Crippen LogP contribution in [0.15, 0.2) is 30.3 Å². The number of benzene rings is 1. The van der Waals surface area contributed by atoms with Crippen LogP contribution in [0.4, 0.5) is 0 Å². The number of carbonyl (C=O) groups is 2. The van der Waals surface area contributed by atoms with Crippen LogP contribution in [0.2, 0.25) is 0 Å². The van der Waals surface area contributed by atoms with Gasteiger partial charge in [-0.15, -0.1) is 0 Å². The van der Waals surface area contributed by atoms with Gasteiger partial charge in [0, 0.05) is 0 Å². The second-order valence-electron chi connectivity index (χ2n) is 5.73. The van der Waals surface area contributed by atoms with Crippen LogP contribution in [0.25, 0.3) is 0 Å². The molecule has 2 rings (SSSR count). The highest BCUT2D eigenvalue weighted by molar-refractivity contribution is 5.76. The minimum Gasteiger partial charge on any atom is -0.481 e. The maximum absolute atomic E-state index is 12.0. The Bertz CT molecular complexity index is 473. The van der Waals surface area contributed by atoms with Crippen LogP contribution in [0, 0.1) is 11.3 Å². The second-order valence-corrected chi connectivity index (χ2v) is 5.73. The Kier molecular flexibility index (Phi) is 4.42. The molecule has 1 aliphatic rings. The average Bonchev–Trinajstić information content (AvgIpc) is 2.46. The smallest absolute Gasteiger partial charge is 0.309 e. The van der Waals surface area contributed by atoms with E-state index in [9.17, 15) is 9.59 Å². The summed E-state index contributed by atoms with van der Waals surface area (Å²) in [6, 6.07) is 9.55. The van der Waals surface area contributed by atoms with Gasteiger partial charge in [-0.2, -0.15) is 0 Å². The molecule has 1 N–H and O–H groups in total. The van der Waals surface area contributed by atoms with E-state index in [0.29, 0.717) is 25.7 Å². The zero-order valence-corrected chi connectivity index (χ0v) is 11.7. The summed E-state index contributed by atoms with van der Waals surface area (Å²) in [6.45, 7) is 2.03. The van der Waals surface area contributed by atoms with Gasteiger partial charge in [0.15, 0.2) is 0 Å². The molecule has 1 fully saturated rings. The molecule has 0 bridgehead atoms. The Morgan fingerprint density at radius 1 is 1.25 bits per heavy atom. The van der Waals surface area contributed by atoms with Crippen LogP contribution in [-0.4, -0.2) is 17.0 Å². The molecule has 0 spiro atoms. The Balaban J connectivity index is 1.82. The fourth-order valence-corrected chi connectivity index (χ4v) is 2.55. The molecule has 1 aromatic carbocycles. The predicted molar refractivity (Wildman–Crippen MR) is 73.9 cm³/mol. The highest BCUT2D eigenvalue weighted by Gasteiger charge is 2.39. The molecule has 1 aliphatic carbocycles. The summed E-state index contributed by atoms with van der Waals surface area (Å²) >= 11 is 0. The molecule has 0 heterocycles. The monoisotopic (exact) mass is 276 g/mol. The number of ether oxygens (including phenoxy) is 1. The van der Waals surface area contributed by atoms with Crippen molar-refractivity contribution >= 4 is 11.9 Å². The molecular formula is C16H20O4. The lowest BCUT2D eigenvalue weighted by Gasteiger charge is -2.32. The molecule has 0 aromatic heterocycles. The lowest BCUT2D eigenvalue weighted by molar-refractivity contribution is -0.157. The van der Waals surface area contributed by atoms with E-state index in [1.165, 1.54) is 0 Å². The molecule has 108 valence electrons. The van der Waals surface area contributed by atoms with Gasteiger partial charge in [-0.1, -0.05) is 30.3 Å². The number of hydrogen-bond donors (Lipinski definition) is 1. The topological polar surface area (TPSA) is 63.6 Å². The van der Waals surface area contributed by atoms with E-state index in [1.54, 1.807) is 6.92 Å². The maximum atomic E-state index is 12.0. The van der Waals surface area contributed by atoms with Crippen molar-refractivity contribution in [2.45, 2.75) is 39.2 Å². The summed E-state index contributed by atoms with van der Waals surface area (Å²) in [4.78, 5) is 23.1. The molecule has 4 nitrogen and oxygen atoms in total. The Labute approximate surface area is 118 Å². The average molecular weight is 276 g/mol. The number of esters is 1. The lowest BCUT2D eigenvalue weighted by Crippen LogP contribution is -2.35. The number of carbonyl (C=O) groups excluding carboxylic acids is 1. The molecule has 1 aromatic rings. The van der Waals surface area contributed by atoms with E-state index < -0.39 is 11.4 Å². The highest BCUT2D eigenvalue weighted by atomic mass is 16.5. The zero-order chi connectivity index (χ0) is 14.6. The van der Waals surface area contributed by atoms with Crippen molar-refractivity contribution < 1.29 is 19.4 Å². The van der Waals surface area contributed by atoms with E-state index in [1.807, 2.05) is 30.3 Å². The highest BCUT2D eigenvalue weighted by Crippen LogP contribution is 2.39. The van der Waals surface area contributed by atoms with Gasteiger partial charge in [-0.25, -0.2) is 0 Å². The third-order valence-corrected chi connectivity index (χ3v) is 4.16. The fourth-order valence-electron chi connectivity index (χ4n) is 2.55. The summed E-state index contributed by atoms with van der Waals surface area (Å²) in [5.41, 5.74) is 0.281. The number of carboxylic acid groups (broad SMARTS) is 1. The largest absolute Gasteiger partial charge is 0.481 e. The normalized spacial score (nSPS) is 25.9. The van der Waals surface area contributed by atoms with Gasteiger partial charge >= 0.3 is 11.9 Å². The SMILES string of the molecule is C[C@]1(C(=O)O)CC[C@H](C(=O)OCc2ccccc2)CC1. The minimum absolute atomic E-state index is 0.161. The van der Waals surface area contributed by atoms with E-state index >= 15 is 0 Å². The first-order valence-electron chi connectivity index (χ1n) is 6.95. The van der Waals surface area contributed by atoms with Crippen molar-refractivity contribution in [2.75, 3.05) is 0 Å². The summed E-state index contributed by atoms with van der Waals surface area (Å²) in [5, 5.41) is 9.16. The Morgan fingerprint density at radius 3 is 2.40 bits per heavy atom. The van der Waals surface area contributed by atoms with Gasteiger partial charge in [0.2, 0.25) is 0 Å². The summed E-state index contributed by atoms with van der Waals surface area (Å²) in [7, 11) is 0. The van der Waals surface area contributed by atoms with Crippen LogP contribution >= 0.6 is 0 Å². The zero-order valence-electron chi connectivity index (χ0n) is 11.7. The van der Waals surface area contributed by atoms with Crippen molar-refractivity contribution in [2.24, 2.45) is 11.3 Å². The summed E-state index contributed by atoms with van der Waals surface area (Å²) in [5.74, 6) is -1.14. The van der Waals surface area contributed by atoms with Gasteiger partial charge in [-0.3, -0.25) is 9.59 Å². The summed E-state index contributed by atoms with van der Waals surface area (Å²) in [6.07, 6.45) is 2.26. The molecular weight excluding hydrogens is 256 g/mol. The molecule has 0 atom stereocenters. The Hall–Kier alpha value is -1.84. The molecule has 0 unspecified atom stereocenters. The first-order valence-corrected chi connectivity index (χ1v) is 6.95. The minimum atomic E-state index is -0.770. The van der Waals surface area contributed by atoms with Crippen LogP contribution in [0.5, 0.6) is 0 Å². The van der Waals surface area contributed by atoms with Crippen molar-refractivity contribution in [1.29, 1.82) is 0 Å². The first kappa shape index (κ1) is 14.6. The quantitative estimate of drug-likeness (QED) is 0.859. The molecule has 0 saturated heterocycles. The van der Waals surface area contributed by atoms with Crippen LogP contribution in [0.3, 0.4) is 0 Å². The van der Waals surface area contributed by atoms with E-state index in [4.69, 9.17) is 9.84 Å². The fraction of sp³-hybridized carbons (Fsp3) is 0.500. The number of rotatable bonds is 4. The number of hydrogen-bond acceptors (Lipinski definition) is 3. The van der Waals surface area contributed by atoms with Crippen molar-refractivity contribution in [1.82, 2.24) is 0 Å². The molecule has 0 aliphatic heterocycles. The van der Waals surface area contributed by atoms with Gasteiger partial charge < -0.3 is 9.84 Å². The molecule has 20 heavy (non-hydrogen) atoms. The third kappa shape index (κ3) is 3.38. The van der Waals surface area contributed by atoms with Crippen LogP contribution in [-0.2, 0) is 20.9 Å². The van der Waals surface area contributed by atoms with Crippen molar-refractivity contribution in [3.8, 4) is 0 Å². The van der Waals surface area contributed by atoms with Crippen LogP contribution < -0.4 is 0 Å². The van der Waals surface area contributed by atoms with Gasteiger partial charge in [0.1, 0.15) is 6.61 Å². The molecule has 0 radical (unpaired) electrons. The number of carboxylic acids is 1. The lowest BCUT2D eigenvalue weighted by atomic mass is 9.72. The van der Waals surface area contributed by atoms with E-state index in [0.717, 1.165) is 5.56 Å². The standard InChI is InChI=1S/C16H20O4/c1-16(15(18)19)9-7-13(8-10-16)14(17)20-11-12-5-3-2-4-6-12/h2-6,13H,7-11H2,1H3,(H,18,19)/t13-,16-. The van der Waals surface area contributed by atoms with E-state index in [2.05, 4.69) is 0 Å². The van der Waals surface area contributed by atoms with Crippen LogP contribution in [0.1, 0.15) is 38.2 Å². The maximum Gasteiger partial charge on any atom is 0.309 e. The number of aliphatic carboxylic acids is 1. The third-order valence-electron chi connectivity index (χ3n) is 4.16. The van der Waals surface area contributed by atoms with Crippen molar-refractivity contribution in [3.63, 3.8) is 0 Å². The summed E-state index contributed by atoms with van der Waals surface area (Å²) < 4.78 is 5.31. The van der Waals surface area contributed by atoms with Crippen molar-refractivity contribution in [3.05, 3.63) is 35.9 Å². The van der Waals surface area contributed by atoms with Gasteiger partial charge in [-0.05, 0) is 38.2 Å². The first-order chi connectivity index (χ1) is 9.51. The molecule has 1 saturated carbocycles. The molecule has 4 heteroatoms. The Morgan fingerprint density at radius 2 is 1.85 bits per heavy atom. The van der Waals surface area contributed by atoms with Gasteiger partial charge in [0.25, 0.3) is 0 Å².